The van der Waals surface area contributed by atoms with Gasteiger partial charge in [-0.05, 0) is 55.0 Å². The third kappa shape index (κ3) is 3.56. The molecule has 8 nitrogen and oxygen atoms in total. The summed E-state index contributed by atoms with van der Waals surface area (Å²) in [5.41, 5.74) is 2.22. The zero-order chi connectivity index (χ0) is 23.1. The van der Waals surface area contributed by atoms with Crippen molar-refractivity contribution in [1.82, 2.24) is 24.5 Å². The smallest absolute Gasteiger partial charge is 0.253 e. The summed E-state index contributed by atoms with van der Waals surface area (Å²) in [4.78, 5) is 22.2. The lowest BCUT2D eigenvalue weighted by Gasteiger charge is -2.24. The highest BCUT2D eigenvalue weighted by Crippen LogP contribution is 2.29. The molecule has 0 atom stereocenters. The maximum atomic E-state index is 13.1. The Hall–Kier alpha value is -3.91. The predicted octanol–water partition coefficient (Wildman–Crippen LogP) is 4.54. The van der Waals surface area contributed by atoms with Crippen molar-refractivity contribution in [2.24, 2.45) is 0 Å². The summed E-state index contributed by atoms with van der Waals surface area (Å²) >= 11 is 5.99. The normalized spacial score (nSPS) is 14.6. The lowest BCUT2D eigenvalue weighted by molar-refractivity contribution is 0.0767. The summed E-state index contributed by atoms with van der Waals surface area (Å²) in [6.45, 7) is 2.63. The Labute approximate surface area is 200 Å². The van der Waals surface area contributed by atoms with E-state index >= 15 is 0 Å². The first kappa shape index (κ1) is 20.7. The number of hydrogen-bond acceptors (Lipinski definition) is 6. The Balaban J connectivity index is 1.38. The van der Waals surface area contributed by atoms with Gasteiger partial charge in [0.05, 0.1) is 11.8 Å². The first-order valence-corrected chi connectivity index (χ1v) is 11.5. The molecule has 34 heavy (non-hydrogen) atoms. The largest absolute Gasteiger partial charge is 0.461 e. The molecule has 2 aromatic carbocycles. The van der Waals surface area contributed by atoms with E-state index in [0.29, 0.717) is 41.8 Å². The second kappa shape index (κ2) is 8.46. The molecule has 1 aliphatic heterocycles. The average Bonchev–Trinajstić information content (AvgIpc) is 3.49. The number of rotatable bonds is 3. The molecule has 0 radical (unpaired) electrons. The summed E-state index contributed by atoms with van der Waals surface area (Å²) < 4.78 is 7.60. The number of para-hydroxylation sites is 1. The number of halogens is 1. The van der Waals surface area contributed by atoms with E-state index in [-0.39, 0.29) is 5.91 Å². The fourth-order valence-corrected chi connectivity index (χ4v) is 4.57. The van der Waals surface area contributed by atoms with E-state index in [2.05, 4.69) is 15.1 Å². The molecule has 0 spiro atoms. The number of furan rings is 1. The Morgan fingerprint density at radius 3 is 2.59 bits per heavy atom. The molecule has 0 unspecified atom stereocenters. The number of amides is 1. The number of benzene rings is 2. The van der Waals surface area contributed by atoms with Crippen LogP contribution in [-0.2, 0) is 0 Å². The van der Waals surface area contributed by atoms with Crippen molar-refractivity contribution in [2.75, 3.05) is 31.1 Å². The van der Waals surface area contributed by atoms with Gasteiger partial charge in [-0.1, -0.05) is 23.7 Å². The third-order valence-corrected chi connectivity index (χ3v) is 6.38. The molecule has 9 heteroatoms. The number of aromatic nitrogens is 4. The molecule has 1 aliphatic rings. The molecule has 0 bridgehead atoms. The van der Waals surface area contributed by atoms with Gasteiger partial charge in [0.15, 0.2) is 11.4 Å². The first-order chi connectivity index (χ1) is 16.7. The van der Waals surface area contributed by atoms with E-state index in [1.165, 1.54) is 0 Å². The minimum atomic E-state index is 0.00991. The maximum absolute atomic E-state index is 13.1. The molecule has 6 rings (SSSR count). The predicted molar refractivity (Wildman–Crippen MR) is 130 cm³/mol. The molecule has 1 amide bonds. The third-order valence-electron chi connectivity index (χ3n) is 6.13. The van der Waals surface area contributed by atoms with Crippen LogP contribution in [0.3, 0.4) is 0 Å². The van der Waals surface area contributed by atoms with E-state index in [4.69, 9.17) is 21.0 Å². The maximum Gasteiger partial charge on any atom is 0.253 e. The van der Waals surface area contributed by atoms with Crippen LogP contribution in [0.4, 0.5) is 5.95 Å². The molecule has 170 valence electrons. The van der Waals surface area contributed by atoms with Crippen molar-refractivity contribution < 1.29 is 9.21 Å². The Morgan fingerprint density at radius 2 is 1.76 bits per heavy atom. The van der Waals surface area contributed by atoms with Crippen LogP contribution in [-0.4, -0.2) is 56.6 Å². The first-order valence-electron chi connectivity index (χ1n) is 11.2. The Morgan fingerprint density at radius 1 is 0.912 bits per heavy atom. The quantitative estimate of drug-likeness (QED) is 0.383. The lowest BCUT2D eigenvalue weighted by Crippen LogP contribution is -2.35. The molecule has 5 aromatic rings. The summed E-state index contributed by atoms with van der Waals surface area (Å²) in [5, 5.41) is 10.5. The zero-order valence-electron chi connectivity index (χ0n) is 18.3. The van der Waals surface area contributed by atoms with Gasteiger partial charge in [0.1, 0.15) is 0 Å². The standard InChI is InChI=1S/C25H21ClN6O2/c26-18-10-8-17(9-11-18)24(33)30-12-4-13-31(15-14-30)25-27-20-6-2-1-5-19(20)22-28-29-23(32(22)25)21-7-3-16-34-21/h1-3,5-11,16H,4,12-15H2. The van der Waals surface area contributed by atoms with E-state index in [1.54, 1.807) is 30.5 Å². The van der Waals surface area contributed by atoms with E-state index in [0.717, 1.165) is 35.5 Å². The minimum absolute atomic E-state index is 0.00991. The highest BCUT2D eigenvalue weighted by atomic mass is 35.5. The van der Waals surface area contributed by atoms with Gasteiger partial charge in [-0.15, -0.1) is 10.2 Å². The minimum Gasteiger partial charge on any atom is -0.461 e. The molecule has 0 aliphatic carbocycles. The highest BCUT2D eigenvalue weighted by molar-refractivity contribution is 6.30. The van der Waals surface area contributed by atoms with E-state index in [9.17, 15) is 4.79 Å². The fraction of sp³-hybridized carbons (Fsp3) is 0.200. The number of anilines is 1. The van der Waals surface area contributed by atoms with Crippen molar-refractivity contribution in [2.45, 2.75) is 6.42 Å². The van der Waals surface area contributed by atoms with Gasteiger partial charge < -0.3 is 14.2 Å². The summed E-state index contributed by atoms with van der Waals surface area (Å²) in [7, 11) is 0. The second-order valence-electron chi connectivity index (χ2n) is 8.23. The average molecular weight is 473 g/mol. The van der Waals surface area contributed by atoms with Crippen LogP contribution in [0.5, 0.6) is 0 Å². The molecular weight excluding hydrogens is 452 g/mol. The molecule has 1 fully saturated rings. The number of carbonyl (C=O) groups excluding carboxylic acids is 1. The van der Waals surface area contributed by atoms with Crippen LogP contribution in [0.2, 0.25) is 5.02 Å². The molecule has 0 saturated carbocycles. The van der Waals surface area contributed by atoms with Crippen LogP contribution >= 0.6 is 11.6 Å². The summed E-state index contributed by atoms with van der Waals surface area (Å²) in [6.07, 6.45) is 2.43. The van der Waals surface area contributed by atoms with Crippen LogP contribution in [0, 0.1) is 0 Å². The summed E-state index contributed by atoms with van der Waals surface area (Å²) in [5.74, 6) is 1.98. The molecular formula is C25H21ClN6O2. The van der Waals surface area contributed by atoms with Crippen molar-refractivity contribution in [3.05, 3.63) is 77.5 Å². The van der Waals surface area contributed by atoms with Crippen LogP contribution < -0.4 is 4.90 Å². The monoisotopic (exact) mass is 472 g/mol. The topological polar surface area (TPSA) is 79.8 Å². The van der Waals surface area contributed by atoms with Gasteiger partial charge in [0.25, 0.3) is 5.91 Å². The van der Waals surface area contributed by atoms with Gasteiger partial charge in [-0.25, -0.2) is 9.38 Å². The van der Waals surface area contributed by atoms with Crippen LogP contribution in [0.15, 0.2) is 71.3 Å². The van der Waals surface area contributed by atoms with E-state index in [1.807, 2.05) is 45.7 Å². The number of hydrogen-bond donors (Lipinski definition) is 0. The fourth-order valence-electron chi connectivity index (χ4n) is 4.44. The number of fused-ring (bicyclic) bond motifs is 3. The van der Waals surface area contributed by atoms with Gasteiger partial charge in [-0.2, -0.15) is 0 Å². The molecule has 3 aromatic heterocycles. The van der Waals surface area contributed by atoms with Gasteiger partial charge in [0, 0.05) is 42.2 Å². The SMILES string of the molecule is O=C(c1ccc(Cl)cc1)N1CCCN(c2nc3ccccc3c3nnc(-c4ccco4)n23)CC1. The van der Waals surface area contributed by atoms with Gasteiger partial charge >= 0.3 is 0 Å². The van der Waals surface area contributed by atoms with Gasteiger partial charge in [0.2, 0.25) is 11.8 Å². The van der Waals surface area contributed by atoms with Crippen molar-refractivity contribution in [1.29, 1.82) is 0 Å². The molecule has 1 saturated heterocycles. The zero-order valence-corrected chi connectivity index (χ0v) is 19.0. The van der Waals surface area contributed by atoms with Crippen molar-refractivity contribution >= 4 is 40.0 Å². The van der Waals surface area contributed by atoms with Crippen LogP contribution in [0.25, 0.3) is 28.1 Å². The summed E-state index contributed by atoms with van der Waals surface area (Å²) in [6, 6.07) is 18.6. The van der Waals surface area contributed by atoms with Gasteiger partial charge in [-0.3, -0.25) is 4.79 Å². The number of carbonyl (C=O) groups is 1. The number of nitrogens with zero attached hydrogens (tertiary/aromatic N) is 6. The highest BCUT2D eigenvalue weighted by Gasteiger charge is 2.25. The van der Waals surface area contributed by atoms with E-state index < -0.39 is 0 Å². The lowest BCUT2D eigenvalue weighted by atomic mass is 10.2. The molecule has 4 heterocycles. The van der Waals surface area contributed by atoms with Crippen molar-refractivity contribution in [3.8, 4) is 11.6 Å². The van der Waals surface area contributed by atoms with Crippen LogP contribution in [0.1, 0.15) is 16.8 Å². The second-order valence-corrected chi connectivity index (χ2v) is 8.67. The Kier molecular flexibility index (Phi) is 5.15. The van der Waals surface area contributed by atoms with Crippen molar-refractivity contribution in [3.63, 3.8) is 0 Å². The Bertz CT molecular complexity index is 1480. The molecule has 0 N–H and O–H groups in total.